The van der Waals surface area contributed by atoms with Crippen molar-refractivity contribution in [2.75, 3.05) is 0 Å². The highest BCUT2D eigenvalue weighted by Crippen LogP contribution is 2.34. The van der Waals surface area contributed by atoms with E-state index in [1.165, 1.54) is 18.7 Å². The second-order valence-corrected chi connectivity index (χ2v) is 5.95. The van der Waals surface area contributed by atoms with Gasteiger partial charge in [-0.2, -0.15) is 0 Å². The van der Waals surface area contributed by atoms with Crippen molar-refractivity contribution < 1.29 is 20.1 Å². The van der Waals surface area contributed by atoms with Crippen LogP contribution in [0.25, 0.3) is 11.0 Å². The fraction of sp³-hybridized carbons (Fsp3) is 0.462. The maximum Gasteiger partial charge on any atom is 0.168 e. The largest absolute Gasteiger partial charge is 0.391 e. The zero-order chi connectivity index (χ0) is 14.3. The number of fused-ring (bicyclic) bond motifs is 1. The van der Waals surface area contributed by atoms with Crippen LogP contribution in [0, 0.1) is 0 Å². The van der Waals surface area contributed by atoms with Gasteiger partial charge in [0, 0.05) is 0 Å². The van der Waals surface area contributed by atoms with Crippen molar-refractivity contribution in [3.63, 3.8) is 0 Å². The molecule has 1 saturated heterocycles. The van der Waals surface area contributed by atoms with Gasteiger partial charge in [-0.15, -0.1) is 0 Å². The Kier molecular flexibility index (Phi) is 3.70. The number of benzene rings is 1. The molecule has 0 spiro atoms. The number of aliphatic hydroxyl groups excluding tert-OH is 3. The van der Waals surface area contributed by atoms with E-state index < -0.39 is 29.9 Å². The fourth-order valence-electron chi connectivity index (χ4n) is 2.26. The number of aromatic amines is 1. The van der Waals surface area contributed by atoms with Crippen LogP contribution in [-0.4, -0.2) is 55.1 Å². The number of ether oxygens (including phenoxy) is 1. The Hall–Kier alpha value is -1.12. The lowest BCUT2D eigenvalue weighted by Crippen LogP contribution is -2.37. The maximum absolute atomic E-state index is 9.96. The summed E-state index contributed by atoms with van der Waals surface area (Å²) in [5.41, 5.74) is 1.07. The van der Waals surface area contributed by atoms with Crippen LogP contribution in [0.1, 0.15) is 6.92 Å². The topological polar surface area (TPSA) is 98.6 Å². The molecule has 20 heavy (non-hydrogen) atoms. The van der Waals surface area contributed by atoms with Gasteiger partial charge in [-0.25, -0.2) is 4.98 Å². The van der Waals surface area contributed by atoms with Crippen LogP contribution in [-0.2, 0) is 4.74 Å². The van der Waals surface area contributed by atoms with Gasteiger partial charge in [0.05, 0.1) is 17.1 Å². The molecule has 1 aliphatic rings. The van der Waals surface area contributed by atoms with Crippen LogP contribution >= 0.6 is 11.8 Å². The summed E-state index contributed by atoms with van der Waals surface area (Å²) in [7, 11) is 0. The Morgan fingerprint density at radius 3 is 2.70 bits per heavy atom. The Labute approximate surface area is 119 Å². The Morgan fingerprint density at radius 1 is 1.30 bits per heavy atom. The van der Waals surface area contributed by atoms with Crippen molar-refractivity contribution in [2.45, 2.75) is 41.9 Å². The second-order valence-electron chi connectivity index (χ2n) is 4.87. The highest BCUT2D eigenvalue weighted by molar-refractivity contribution is 7.99. The molecule has 2 heterocycles. The van der Waals surface area contributed by atoms with E-state index in [1.54, 1.807) is 0 Å². The van der Waals surface area contributed by atoms with E-state index in [1.807, 2.05) is 24.3 Å². The van der Waals surface area contributed by atoms with Gasteiger partial charge in [0.1, 0.15) is 23.7 Å². The van der Waals surface area contributed by atoms with E-state index in [0.29, 0.717) is 5.16 Å². The standard InChI is InChI=1S/C13H16N2O4S/c1-6(16)11-9(17)10(18)12(19-11)20-13-14-7-4-2-3-5-8(7)15-13/h2-6,9-12,16-18H,1H3,(H,14,15)/t6-,9+,10+,11-,12-/m0/s1. The Bertz CT molecular complexity index is 570. The monoisotopic (exact) mass is 296 g/mol. The number of aliphatic hydroxyl groups is 3. The van der Waals surface area contributed by atoms with Gasteiger partial charge in [0.15, 0.2) is 5.16 Å². The quantitative estimate of drug-likeness (QED) is 0.658. The van der Waals surface area contributed by atoms with Gasteiger partial charge in [-0.1, -0.05) is 23.9 Å². The molecule has 4 N–H and O–H groups in total. The third kappa shape index (κ3) is 2.43. The summed E-state index contributed by atoms with van der Waals surface area (Å²) < 4.78 is 5.50. The predicted molar refractivity (Wildman–Crippen MR) is 74.3 cm³/mol. The molecule has 6 nitrogen and oxygen atoms in total. The maximum atomic E-state index is 9.96. The average Bonchev–Trinajstić information content (AvgIpc) is 2.94. The van der Waals surface area contributed by atoms with E-state index in [2.05, 4.69) is 9.97 Å². The number of aromatic nitrogens is 2. The normalized spacial score (nSPS) is 31.8. The van der Waals surface area contributed by atoms with Gasteiger partial charge in [0.2, 0.25) is 0 Å². The van der Waals surface area contributed by atoms with E-state index in [-0.39, 0.29) is 0 Å². The van der Waals surface area contributed by atoms with Crippen molar-refractivity contribution in [1.82, 2.24) is 9.97 Å². The van der Waals surface area contributed by atoms with Crippen molar-refractivity contribution in [3.8, 4) is 0 Å². The average molecular weight is 296 g/mol. The predicted octanol–water partition coefficient (Wildman–Crippen LogP) is 0.482. The number of rotatable bonds is 3. The molecule has 0 amide bonds. The molecule has 1 fully saturated rings. The summed E-state index contributed by atoms with van der Waals surface area (Å²) in [5.74, 6) is 0. The second kappa shape index (κ2) is 5.34. The number of hydrogen-bond acceptors (Lipinski definition) is 6. The molecule has 3 rings (SSSR count). The van der Waals surface area contributed by atoms with Gasteiger partial charge in [-0.05, 0) is 19.1 Å². The molecular weight excluding hydrogens is 280 g/mol. The van der Waals surface area contributed by atoms with E-state index in [9.17, 15) is 15.3 Å². The highest BCUT2D eigenvalue weighted by Gasteiger charge is 2.45. The number of thioether (sulfide) groups is 1. The number of imidazole rings is 1. The molecule has 0 bridgehead atoms. The van der Waals surface area contributed by atoms with Crippen LogP contribution in [0.15, 0.2) is 29.4 Å². The third-order valence-corrected chi connectivity index (χ3v) is 4.37. The first-order valence-electron chi connectivity index (χ1n) is 6.37. The van der Waals surface area contributed by atoms with E-state index in [4.69, 9.17) is 4.74 Å². The molecule has 1 aromatic heterocycles. The number of H-pyrrole nitrogens is 1. The zero-order valence-electron chi connectivity index (χ0n) is 10.8. The number of para-hydroxylation sites is 2. The molecule has 0 unspecified atom stereocenters. The Morgan fingerprint density at radius 2 is 2.05 bits per heavy atom. The molecule has 108 valence electrons. The molecule has 2 aromatic rings. The van der Waals surface area contributed by atoms with E-state index >= 15 is 0 Å². The number of nitrogens with one attached hydrogen (secondary N) is 1. The summed E-state index contributed by atoms with van der Waals surface area (Å²) in [6, 6.07) is 7.59. The van der Waals surface area contributed by atoms with Crippen molar-refractivity contribution in [1.29, 1.82) is 0 Å². The summed E-state index contributed by atoms with van der Waals surface area (Å²) in [6.45, 7) is 1.52. The number of nitrogens with zero attached hydrogens (tertiary/aromatic N) is 1. The van der Waals surface area contributed by atoms with Crippen LogP contribution in [0.3, 0.4) is 0 Å². The van der Waals surface area contributed by atoms with Crippen LogP contribution < -0.4 is 0 Å². The van der Waals surface area contributed by atoms with Gasteiger partial charge in [-0.3, -0.25) is 0 Å². The summed E-state index contributed by atoms with van der Waals surface area (Å²) in [5, 5.41) is 29.9. The molecule has 0 aliphatic carbocycles. The van der Waals surface area contributed by atoms with Crippen LogP contribution in [0.2, 0.25) is 0 Å². The van der Waals surface area contributed by atoms with Gasteiger partial charge >= 0.3 is 0 Å². The fourth-order valence-corrected chi connectivity index (χ4v) is 3.29. The first-order chi connectivity index (χ1) is 9.56. The lowest BCUT2D eigenvalue weighted by molar-refractivity contribution is -0.0460. The number of hydrogen-bond donors (Lipinski definition) is 4. The molecule has 1 aliphatic heterocycles. The van der Waals surface area contributed by atoms with Gasteiger partial charge < -0.3 is 25.0 Å². The van der Waals surface area contributed by atoms with Crippen LogP contribution in [0.4, 0.5) is 0 Å². The first kappa shape index (κ1) is 13.8. The van der Waals surface area contributed by atoms with Crippen molar-refractivity contribution in [3.05, 3.63) is 24.3 Å². The molecule has 0 radical (unpaired) electrons. The van der Waals surface area contributed by atoms with Crippen molar-refractivity contribution >= 4 is 22.8 Å². The molecule has 7 heteroatoms. The SMILES string of the molecule is C[C@H](O)[C@@H]1O[C@@H](Sc2nc3ccccc3[nH]2)[C@H](O)[C@H]1O. The summed E-state index contributed by atoms with van der Waals surface area (Å²) in [4.78, 5) is 7.50. The van der Waals surface area contributed by atoms with Crippen LogP contribution in [0.5, 0.6) is 0 Å². The third-order valence-electron chi connectivity index (χ3n) is 3.33. The van der Waals surface area contributed by atoms with Crippen molar-refractivity contribution in [2.24, 2.45) is 0 Å². The molecule has 0 saturated carbocycles. The molecule has 1 aromatic carbocycles. The van der Waals surface area contributed by atoms with Gasteiger partial charge in [0.25, 0.3) is 0 Å². The lowest BCUT2D eigenvalue weighted by Gasteiger charge is -2.16. The zero-order valence-corrected chi connectivity index (χ0v) is 11.6. The highest BCUT2D eigenvalue weighted by atomic mass is 32.2. The summed E-state index contributed by atoms with van der Waals surface area (Å²) in [6.07, 6.45) is -3.79. The minimum Gasteiger partial charge on any atom is -0.391 e. The smallest absolute Gasteiger partial charge is 0.168 e. The summed E-state index contributed by atoms with van der Waals surface area (Å²) >= 11 is 1.20. The minimum absolute atomic E-state index is 0.605. The first-order valence-corrected chi connectivity index (χ1v) is 7.25. The minimum atomic E-state index is -1.10. The molecular formula is C13H16N2O4S. The van der Waals surface area contributed by atoms with E-state index in [0.717, 1.165) is 11.0 Å². The molecule has 5 atom stereocenters. The lowest BCUT2D eigenvalue weighted by atomic mass is 10.1. The Balaban J connectivity index is 1.77.